The van der Waals surface area contributed by atoms with E-state index >= 15 is 0 Å². The van der Waals surface area contributed by atoms with Crippen molar-refractivity contribution in [2.24, 2.45) is 23.2 Å². The quantitative estimate of drug-likeness (QED) is 0.685. The summed E-state index contributed by atoms with van der Waals surface area (Å²) in [7, 11) is 0. The number of carbonyl (C=O) groups excluding carboxylic acids is 2. The van der Waals surface area contributed by atoms with E-state index in [0.29, 0.717) is 47.3 Å². The van der Waals surface area contributed by atoms with E-state index in [1.54, 1.807) is 12.3 Å². The number of rotatable bonds is 4. The van der Waals surface area contributed by atoms with E-state index in [4.69, 9.17) is 0 Å². The van der Waals surface area contributed by atoms with E-state index in [-0.39, 0.29) is 17.2 Å². The second-order valence-electron chi connectivity index (χ2n) is 9.92. The molecule has 6 heteroatoms. The lowest BCUT2D eigenvalue weighted by molar-refractivity contribution is -0.129. The van der Waals surface area contributed by atoms with Crippen LogP contribution in [0.25, 0.3) is 0 Å². The highest BCUT2D eigenvalue weighted by atomic mass is 32.1. The van der Waals surface area contributed by atoms with Crippen LogP contribution in [0.3, 0.4) is 0 Å². The summed E-state index contributed by atoms with van der Waals surface area (Å²) >= 11 is 1.48. The molecule has 1 amide bonds. The van der Waals surface area contributed by atoms with Crippen molar-refractivity contribution in [2.75, 3.05) is 5.32 Å². The number of hydrogen-bond donors (Lipinski definition) is 2. The third kappa shape index (κ3) is 3.59. The first-order chi connectivity index (χ1) is 14.8. The van der Waals surface area contributed by atoms with Crippen LogP contribution in [0.2, 0.25) is 0 Å². The van der Waals surface area contributed by atoms with Crippen LogP contribution < -0.4 is 5.32 Å². The van der Waals surface area contributed by atoms with Crippen LogP contribution in [0.15, 0.2) is 24.4 Å². The number of anilines is 1. The fourth-order valence-corrected chi connectivity index (χ4v) is 7.47. The second kappa shape index (κ2) is 7.73. The van der Waals surface area contributed by atoms with Crippen molar-refractivity contribution in [3.8, 4) is 5.75 Å². The van der Waals surface area contributed by atoms with Crippen LogP contribution in [-0.4, -0.2) is 21.8 Å². The van der Waals surface area contributed by atoms with Crippen LogP contribution in [0.1, 0.15) is 67.4 Å². The first kappa shape index (κ1) is 20.7. The number of amides is 1. The lowest BCUT2D eigenvalue weighted by Crippen LogP contribution is -2.44. The van der Waals surface area contributed by atoms with Gasteiger partial charge >= 0.3 is 0 Å². The fourth-order valence-electron chi connectivity index (χ4n) is 6.79. The minimum absolute atomic E-state index is 0.0123. The summed E-state index contributed by atoms with van der Waals surface area (Å²) in [6.45, 7) is 4.15. The summed E-state index contributed by atoms with van der Waals surface area (Å²) in [5.41, 5.74) is 2.37. The number of nitrogens with zero attached hydrogens (tertiary/aromatic N) is 1. The number of thiazole rings is 1. The second-order valence-corrected chi connectivity index (χ2v) is 11.2. The third-order valence-electron chi connectivity index (χ3n) is 8.17. The molecule has 31 heavy (non-hydrogen) atoms. The van der Waals surface area contributed by atoms with Gasteiger partial charge in [0.1, 0.15) is 11.5 Å². The lowest BCUT2D eigenvalue weighted by Gasteiger charge is -2.50. The summed E-state index contributed by atoms with van der Waals surface area (Å²) in [6.07, 6.45) is 7.56. The van der Waals surface area contributed by atoms with E-state index in [0.717, 1.165) is 37.0 Å². The molecule has 5 atom stereocenters. The zero-order chi connectivity index (χ0) is 21.8. The van der Waals surface area contributed by atoms with Gasteiger partial charge in [0, 0.05) is 29.3 Å². The Labute approximate surface area is 187 Å². The van der Waals surface area contributed by atoms with E-state index in [1.807, 2.05) is 13.0 Å². The van der Waals surface area contributed by atoms with Crippen LogP contribution in [0.5, 0.6) is 5.75 Å². The summed E-state index contributed by atoms with van der Waals surface area (Å²) in [4.78, 5) is 30.9. The van der Waals surface area contributed by atoms with Crippen molar-refractivity contribution >= 4 is 28.2 Å². The number of hydrogen-bond acceptors (Lipinski definition) is 5. The molecule has 2 saturated carbocycles. The molecule has 2 N–H and O–H groups in total. The Balaban J connectivity index is 1.34. The number of benzene rings is 1. The summed E-state index contributed by atoms with van der Waals surface area (Å²) in [6, 6.07) is 5.80. The molecule has 0 bridgehead atoms. The van der Waals surface area contributed by atoms with E-state index in [9.17, 15) is 14.7 Å². The molecule has 5 unspecified atom stereocenters. The minimum atomic E-state index is -0.261. The standard InChI is InChI=1S/C25H30N2O3S/c1-14-13-26-24(31-14)27-22(30)8-5-16-11-21(29)25(2)10-9-18-19(23(16)25)7-4-15-3-6-17(28)12-20(15)18/h3,6,12-13,16,18-19,23,28H,4-5,7-11H2,1-2H3,(H,26,27,30). The number of Topliss-reactive ketones (excluding diaryl/α,β-unsaturated/α-hetero) is 1. The molecule has 1 heterocycles. The lowest BCUT2D eigenvalue weighted by atomic mass is 9.54. The van der Waals surface area contributed by atoms with Gasteiger partial charge in [0.05, 0.1) is 0 Å². The number of aromatic nitrogens is 1. The number of ketones is 1. The van der Waals surface area contributed by atoms with E-state index in [1.165, 1.54) is 22.5 Å². The maximum absolute atomic E-state index is 13.1. The fraction of sp³-hybridized carbons (Fsp3) is 0.560. The molecule has 3 aliphatic carbocycles. The molecule has 2 fully saturated rings. The average Bonchev–Trinajstić information content (AvgIpc) is 3.26. The maximum Gasteiger partial charge on any atom is 0.226 e. The number of phenolic OH excluding ortho intramolecular Hbond substituents is 1. The van der Waals surface area contributed by atoms with Crippen molar-refractivity contribution in [1.29, 1.82) is 0 Å². The maximum atomic E-state index is 13.1. The monoisotopic (exact) mass is 438 g/mol. The number of aromatic hydroxyl groups is 1. The highest BCUT2D eigenvalue weighted by Crippen LogP contribution is 2.62. The minimum Gasteiger partial charge on any atom is -0.508 e. The zero-order valence-corrected chi connectivity index (χ0v) is 19.0. The van der Waals surface area contributed by atoms with Gasteiger partial charge in [-0.15, -0.1) is 11.3 Å². The van der Waals surface area contributed by atoms with Gasteiger partial charge in [-0.2, -0.15) is 0 Å². The van der Waals surface area contributed by atoms with Crippen molar-refractivity contribution in [2.45, 2.75) is 64.7 Å². The first-order valence-corrected chi connectivity index (χ1v) is 12.2. The first-order valence-electron chi connectivity index (χ1n) is 11.4. The van der Waals surface area contributed by atoms with Crippen LogP contribution in [0, 0.1) is 30.1 Å². The van der Waals surface area contributed by atoms with Gasteiger partial charge in [-0.3, -0.25) is 9.59 Å². The average molecular weight is 439 g/mol. The van der Waals surface area contributed by atoms with Crippen molar-refractivity contribution in [1.82, 2.24) is 4.98 Å². The van der Waals surface area contributed by atoms with Gasteiger partial charge in [-0.1, -0.05) is 13.0 Å². The predicted molar refractivity (Wildman–Crippen MR) is 121 cm³/mol. The highest BCUT2D eigenvalue weighted by molar-refractivity contribution is 7.15. The normalized spacial score (nSPS) is 31.6. The molecule has 164 valence electrons. The molecule has 1 aromatic carbocycles. The molecule has 0 saturated heterocycles. The Morgan fingerprint density at radius 3 is 2.97 bits per heavy atom. The Hall–Kier alpha value is -2.21. The predicted octanol–water partition coefficient (Wildman–Crippen LogP) is 5.23. The van der Waals surface area contributed by atoms with Gasteiger partial charge < -0.3 is 10.4 Å². The third-order valence-corrected chi connectivity index (χ3v) is 8.99. The SMILES string of the molecule is Cc1cnc(NC(=O)CCC2CC(=O)C3(C)CCC4c5cc(O)ccc5CCC4C23)s1. The smallest absolute Gasteiger partial charge is 0.226 e. The number of nitrogens with one attached hydrogen (secondary N) is 1. The van der Waals surface area contributed by atoms with Gasteiger partial charge in [0.2, 0.25) is 5.91 Å². The molecule has 0 aliphatic heterocycles. The molecule has 0 radical (unpaired) electrons. The molecule has 1 aromatic heterocycles. The van der Waals surface area contributed by atoms with E-state index < -0.39 is 0 Å². The Morgan fingerprint density at radius 1 is 1.35 bits per heavy atom. The van der Waals surface area contributed by atoms with Gasteiger partial charge in [0.25, 0.3) is 0 Å². The number of aryl methyl sites for hydroxylation is 2. The highest BCUT2D eigenvalue weighted by Gasteiger charge is 2.58. The molecule has 2 aromatic rings. The topological polar surface area (TPSA) is 79.3 Å². The van der Waals surface area contributed by atoms with Crippen LogP contribution in [0.4, 0.5) is 5.13 Å². The summed E-state index contributed by atoms with van der Waals surface area (Å²) in [5, 5.41) is 13.6. The summed E-state index contributed by atoms with van der Waals surface area (Å²) < 4.78 is 0. The van der Waals surface area contributed by atoms with Crippen molar-refractivity contribution in [3.05, 3.63) is 40.4 Å². The molecule has 5 rings (SSSR count). The van der Waals surface area contributed by atoms with Crippen LogP contribution in [-0.2, 0) is 16.0 Å². The molecule has 5 nitrogen and oxygen atoms in total. The molecule has 3 aliphatic rings. The van der Waals surface area contributed by atoms with Gasteiger partial charge in [-0.05, 0) is 86.0 Å². The van der Waals surface area contributed by atoms with E-state index in [2.05, 4.69) is 23.3 Å². The number of phenols is 1. The van der Waals surface area contributed by atoms with Crippen molar-refractivity contribution in [3.63, 3.8) is 0 Å². The number of fused-ring (bicyclic) bond motifs is 5. The van der Waals surface area contributed by atoms with Gasteiger partial charge in [-0.25, -0.2) is 4.98 Å². The Kier molecular flexibility index (Phi) is 5.16. The molecular weight excluding hydrogens is 408 g/mol. The summed E-state index contributed by atoms with van der Waals surface area (Å²) in [5.74, 6) is 2.15. The van der Waals surface area contributed by atoms with Gasteiger partial charge in [0.15, 0.2) is 5.13 Å². The van der Waals surface area contributed by atoms with Crippen molar-refractivity contribution < 1.29 is 14.7 Å². The Morgan fingerprint density at radius 2 is 2.19 bits per heavy atom. The zero-order valence-electron chi connectivity index (χ0n) is 18.2. The Bertz CT molecular complexity index is 1030. The number of carbonyl (C=O) groups is 2. The van der Waals surface area contributed by atoms with Crippen LogP contribution >= 0.6 is 11.3 Å². The molecule has 0 spiro atoms. The molecular formula is C25H30N2O3S. The largest absolute Gasteiger partial charge is 0.508 e.